The molecule has 1 N–H and O–H groups in total. The van der Waals surface area contributed by atoms with Gasteiger partial charge in [-0.05, 0) is 43.2 Å². The highest BCUT2D eigenvalue weighted by Gasteiger charge is 2.30. The molecule has 2 heterocycles. The predicted octanol–water partition coefficient (Wildman–Crippen LogP) is 2.77. The Kier molecular flexibility index (Phi) is 7.29. The SMILES string of the molecule is CCOC(=O)c1c(NC(=O)CCS(=O)(=O)c2ccc(F)cc2)sc2c1CCN(C(C)=O)C2. The van der Waals surface area contributed by atoms with Gasteiger partial charge in [0, 0.05) is 24.8 Å². The second-order valence-corrected chi connectivity index (χ2v) is 10.4. The zero-order valence-corrected chi connectivity index (χ0v) is 19.3. The number of thiophene rings is 1. The monoisotopic (exact) mass is 482 g/mol. The van der Waals surface area contributed by atoms with E-state index in [0.717, 1.165) is 34.7 Å². The molecule has 3 rings (SSSR count). The fourth-order valence-corrected chi connectivity index (χ4v) is 5.86. The number of anilines is 1. The van der Waals surface area contributed by atoms with E-state index in [1.807, 2.05) is 0 Å². The van der Waals surface area contributed by atoms with Gasteiger partial charge in [0.05, 0.1) is 29.4 Å². The minimum absolute atomic E-state index is 0.0742. The Labute approximate surface area is 189 Å². The number of esters is 1. The van der Waals surface area contributed by atoms with Crippen LogP contribution in [0.4, 0.5) is 9.39 Å². The summed E-state index contributed by atoms with van der Waals surface area (Å²) in [6, 6.07) is 4.38. The Balaban J connectivity index is 1.77. The summed E-state index contributed by atoms with van der Waals surface area (Å²) < 4.78 is 43.0. The van der Waals surface area contributed by atoms with Crippen molar-refractivity contribution >= 4 is 44.0 Å². The number of carbonyl (C=O) groups excluding carboxylic acids is 3. The van der Waals surface area contributed by atoms with E-state index in [9.17, 15) is 27.2 Å². The van der Waals surface area contributed by atoms with Crippen LogP contribution in [0.2, 0.25) is 0 Å². The van der Waals surface area contributed by atoms with Gasteiger partial charge in [0.2, 0.25) is 11.8 Å². The van der Waals surface area contributed by atoms with E-state index >= 15 is 0 Å². The number of fused-ring (bicyclic) bond motifs is 1. The lowest BCUT2D eigenvalue weighted by atomic mass is 10.0. The van der Waals surface area contributed by atoms with Crippen LogP contribution in [-0.2, 0) is 37.1 Å². The van der Waals surface area contributed by atoms with Gasteiger partial charge in [-0.1, -0.05) is 0 Å². The normalized spacial score (nSPS) is 13.4. The number of ether oxygens (including phenoxy) is 1. The first kappa shape index (κ1) is 23.9. The van der Waals surface area contributed by atoms with Crippen molar-refractivity contribution in [2.45, 2.75) is 38.1 Å². The molecule has 2 aromatic rings. The molecule has 0 radical (unpaired) electrons. The second-order valence-electron chi connectivity index (χ2n) is 7.19. The molecule has 0 saturated carbocycles. The predicted molar refractivity (Wildman–Crippen MR) is 117 cm³/mol. The van der Waals surface area contributed by atoms with Crippen LogP contribution in [0.3, 0.4) is 0 Å². The van der Waals surface area contributed by atoms with Gasteiger partial charge in [-0.25, -0.2) is 17.6 Å². The zero-order valence-electron chi connectivity index (χ0n) is 17.6. The maximum Gasteiger partial charge on any atom is 0.341 e. The summed E-state index contributed by atoms with van der Waals surface area (Å²) >= 11 is 1.18. The second kappa shape index (κ2) is 9.78. The molecular weight excluding hydrogens is 459 g/mol. The van der Waals surface area contributed by atoms with Crippen molar-refractivity contribution < 1.29 is 31.9 Å². The molecule has 2 amide bonds. The van der Waals surface area contributed by atoms with Gasteiger partial charge in [0.1, 0.15) is 10.8 Å². The van der Waals surface area contributed by atoms with E-state index in [1.165, 1.54) is 18.3 Å². The highest BCUT2D eigenvalue weighted by Crippen LogP contribution is 2.37. The lowest BCUT2D eigenvalue weighted by molar-refractivity contribution is -0.129. The van der Waals surface area contributed by atoms with Crippen molar-refractivity contribution in [3.8, 4) is 0 Å². The number of hydrogen-bond acceptors (Lipinski definition) is 7. The van der Waals surface area contributed by atoms with E-state index in [0.29, 0.717) is 19.5 Å². The first-order valence-electron chi connectivity index (χ1n) is 9.97. The maximum absolute atomic E-state index is 13.0. The van der Waals surface area contributed by atoms with Gasteiger partial charge in [0.25, 0.3) is 0 Å². The van der Waals surface area contributed by atoms with Crippen LogP contribution in [0.1, 0.15) is 41.1 Å². The van der Waals surface area contributed by atoms with Crippen molar-refractivity contribution in [1.82, 2.24) is 4.90 Å². The molecule has 0 bridgehead atoms. The van der Waals surface area contributed by atoms with Crippen LogP contribution in [0, 0.1) is 5.82 Å². The molecule has 8 nitrogen and oxygen atoms in total. The van der Waals surface area contributed by atoms with Crippen molar-refractivity contribution in [3.63, 3.8) is 0 Å². The Bertz CT molecular complexity index is 1140. The summed E-state index contributed by atoms with van der Waals surface area (Å²) in [4.78, 5) is 39.1. The summed E-state index contributed by atoms with van der Waals surface area (Å²) in [5.41, 5.74) is 0.991. The molecule has 0 aliphatic carbocycles. The molecule has 1 aromatic carbocycles. The first-order valence-corrected chi connectivity index (χ1v) is 12.4. The third-order valence-corrected chi connectivity index (χ3v) is 7.87. The summed E-state index contributed by atoms with van der Waals surface area (Å²) in [5, 5.41) is 2.92. The fraction of sp³-hybridized carbons (Fsp3) is 0.381. The van der Waals surface area contributed by atoms with E-state index in [2.05, 4.69) is 5.32 Å². The van der Waals surface area contributed by atoms with E-state index < -0.39 is 33.3 Å². The number of rotatable bonds is 7. The third kappa shape index (κ3) is 5.33. The number of benzene rings is 1. The molecule has 0 fully saturated rings. The molecule has 0 atom stereocenters. The lowest BCUT2D eigenvalue weighted by Gasteiger charge is -2.25. The number of sulfone groups is 1. The quantitative estimate of drug-likeness (QED) is 0.480. The maximum atomic E-state index is 13.0. The van der Waals surface area contributed by atoms with Crippen LogP contribution in [-0.4, -0.2) is 50.0 Å². The molecule has 1 aliphatic rings. The number of hydrogen-bond donors (Lipinski definition) is 1. The zero-order chi connectivity index (χ0) is 23.5. The number of amides is 2. The van der Waals surface area contributed by atoms with Crippen molar-refractivity contribution in [3.05, 3.63) is 46.1 Å². The van der Waals surface area contributed by atoms with Crippen LogP contribution in [0.15, 0.2) is 29.2 Å². The standard InChI is InChI=1S/C21H23FN2O6S2/c1-3-30-21(27)19-16-8-10-24(13(2)25)12-17(16)31-20(19)23-18(26)9-11-32(28,29)15-6-4-14(22)5-7-15/h4-7H,3,8-12H2,1-2H3,(H,23,26). The molecule has 172 valence electrons. The lowest BCUT2D eigenvalue weighted by Crippen LogP contribution is -2.34. The summed E-state index contributed by atoms with van der Waals surface area (Å²) in [6.45, 7) is 4.08. The largest absolute Gasteiger partial charge is 0.462 e. The van der Waals surface area contributed by atoms with Crippen LogP contribution in [0.25, 0.3) is 0 Å². The molecule has 0 spiro atoms. The Morgan fingerprint density at radius 1 is 1.22 bits per heavy atom. The number of halogens is 1. The Hall–Kier alpha value is -2.79. The average molecular weight is 483 g/mol. The fourth-order valence-electron chi connectivity index (χ4n) is 3.36. The topological polar surface area (TPSA) is 110 Å². The Morgan fingerprint density at radius 3 is 2.53 bits per heavy atom. The van der Waals surface area contributed by atoms with Gasteiger partial charge >= 0.3 is 5.97 Å². The van der Waals surface area contributed by atoms with E-state index in [4.69, 9.17) is 4.74 Å². The van der Waals surface area contributed by atoms with Crippen LogP contribution >= 0.6 is 11.3 Å². The van der Waals surface area contributed by atoms with Gasteiger partial charge in [-0.3, -0.25) is 9.59 Å². The molecule has 11 heteroatoms. The minimum atomic E-state index is -3.78. The summed E-state index contributed by atoms with van der Waals surface area (Å²) in [6.07, 6.45) is 0.110. The third-order valence-electron chi connectivity index (χ3n) is 5.01. The van der Waals surface area contributed by atoms with Crippen molar-refractivity contribution in [1.29, 1.82) is 0 Å². The molecular formula is C21H23FN2O6S2. The average Bonchev–Trinajstić information content (AvgIpc) is 3.09. The van der Waals surface area contributed by atoms with Crippen LogP contribution in [0.5, 0.6) is 0 Å². The van der Waals surface area contributed by atoms with Gasteiger partial charge in [0.15, 0.2) is 9.84 Å². The highest BCUT2D eigenvalue weighted by molar-refractivity contribution is 7.91. The van der Waals surface area contributed by atoms with Gasteiger partial charge in [-0.2, -0.15) is 0 Å². The van der Waals surface area contributed by atoms with E-state index in [-0.39, 0.29) is 34.4 Å². The first-order chi connectivity index (χ1) is 15.1. The molecule has 1 aromatic heterocycles. The smallest absolute Gasteiger partial charge is 0.341 e. The Morgan fingerprint density at radius 2 is 1.91 bits per heavy atom. The van der Waals surface area contributed by atoms with Crippen molar-refractivity contribution in [2.75, 3.05) is 24.2 Å². The number of carbonyl (C=O) groups is 3. The molecule has 0 saturated heterocycles. The number of nitrogens with one attached hydrogen (secondary N) is 1. The van der Waals surface area contributed by atoms with Gasteiger partial charge < -0.3 is 15.0 Å². The van der Waals surface area contributed by atoms with Crippen molar-refractivity contribution in [2.24, 2.45) is 0 Å². The molecule has 0 unspecified atom stereocenters. The summed E-state index contributed by atoms with van der Waals surface area (Å²) in [5.74, 6) is -2.27. The van der Waals surface area contributed by atoms with Crippen LogP contribution < -0.4 is 5.32 Å². The summed E-state index contributed by atoms with van der Waals surface area (Å²) in [7, 11) is -3.78. The minimum Gasteiger partial charge on any atom is -0.462 e. The van der Waals surface area contributed by atoms with Gasteiger partial charge in [-0.15, -0.1) is 11.3 Å². The highest BCUT2D eigenvalue weighted by atomic mass is 32.2. The molecule has 32 heavy (non-hydrogen) atoms. The molecule has 1 aliphatic heterocycles. The number of nitrogens with zero attached hydrogens (tertiary/aromatic N) is 1. The van der Waals surface area contributed by atoms with E-state index in [1.54, 1.807) is 11.8 Å².